The average molecular weight is 358 g/mol. The summed E-state index contributed by atoms with van der Waals surface area (Å²) >= 11 is 0. The lowest BCUT2D eigenvalue weighted by atomic mass is 9.95. The zero-order valence-corrected chi connectivity index (χ0v) is 14.7. The summed E-state index contributed by atoms with van der Waals surface area (Å²) in [5.41, 5.74) is 2.56. The summed E-state index contributed by atoms with van der Waals surface area (Å²) in [6.45, 7) is 0. The standard InChI is InChI=1S/C20H18N6O/c21-9-12-5-4-8-15-16(20(27)24-17(12)15)18-22-10-13-11-23-26(19(13)25-18)14-6-2-1-3-7-14/h4-5,8,10-11,14,16H,1-3,6-7H2,(H,24,27). The number of anilines is 1. The van der Waals surface area contributed by atoms with Crippen LogP contribution in [0, 0.1) is 11.3 Å². The lowest BCUT2D eigenvalue weighted by Gasteiger charge is -2.22. The van der Waals surface area contributed by atoms with Gasteiger partial charge >= 0.3 is 0 Å². The van der Waals surface area contributed by atoms with Gasteiger partial charge < -0.3 is 5.32 Å². The third kappa shape index (κ3) is 2.48. The zero-order chi connectivity index (χ0) is 18.4. The third-order valence-electron chi connectivity index (χ3n) is 5.57. The van der Waals surface area contributed by atoms with Crippen LogP contribution in [0.25, 0.3) is 11.0 Å². The van der Waals surface area contributed by atoms with Crippen LogP contribution < -0.4 is 5.32 Å². The number of amides is 1. The maximum Gasteiger partial charge on any atom is 0.239 e. The number of carbonyl (C=O) groups excluding carboxylic acids is 1. The molecule has 1 unspecified atom stereocenters. The molecule has 1 aliphatic carbocycles. The lowest BCUT2D eigenvalue weighted by molar-refractivity contribution is -0.116. The number of nitriles is 1. The second kappa shape index (κ2) is 6.16. The summed E-state index contributed by atoms with van der Waals surface area (Å²) in [5.74, 6) is -0.352. The van der Waals surface area contributed by atoms with E-state index in [0.29, 0.717) is 23.1 Å². The largest absolute Gasteiger partial charge is 0.324 e. The Hall–Kier alpha value is -3.27. The van der Waals surface area contributed by atoms with Crippen LogP contribution in [0.15, 0.2) is 30.6 Å². The first-order chi connectivity index (χ1) is 13.3. The molecule has 2 aliphatic rings. The predicted molar refractivity (Wildman–Crippen MR) is 99.1 cm³/mol. The Morgan fingerprint density at radius 1 is 1.19 bits per heavy atom. The smallest absolute Gasteiger partial charge is 0.239 e. The van der Waals surface area contributed by atoms with Crippen molar-refractivity contribution in [1.29, 1.82) is 5.26 Å². The highest BCUT2D eigenvalue weighted by Gasteiger charge is 2.36. The van der Waals surface area contributed by atoms with Gasteiger partial charge in [-0.05, 0) is 24.5 Å². The van der Waals surface area contributed by atoms with E-state index in [-0.39, 0.29) is 5.91 Å². The number of nitrogens with one attached hydrogen (secondary N) is 1. The van der Waals surface area contributed by atoms with Crippen molar-refractivity contribution in [3.8, 4) is 6.07 Å². The molecule has 0 spiro atoms. The molecule has 3 aromatic rings. The minimum atomic E-state index is -0.604. The molecule has 1 amide bonds. The summed E-state index contributed by atoms with van der Waals surface area (Å²) in [5, 5.41) is 17.5. The molecule has 134 valence electrons. The fourth-order valence-electron chi connectivity index (χ4n) is 4.22. The van der Waals surface area contributed by atoms with Crippen LogP contribution in [0.4, 0.5) is 5.69 Å². The van der Waals surface area contributed by atoms with Gasteiger partial charge in [-0.15, -0.1) is 0 Å². The van der Waals surface area contributed by atoms with Crippen LogP contribution in [0.3, 0.4) is 0 Å². The van der Waals surface area contributed by atoms with Gasteiger partial charge in [-0.3, -0.25) is 4.79 Å². The molecule has 1 fully saturated rings. The van der Waals surface area contributed by atoms with E-state index in [1.165, 1.54) is 19.3 Å². The van der Waals surface area contributed by atoms with Crippen LogP contribution in [0.2, 0.25) is 0 Å². The minimum Gasteiger partial charge on any atom is -0.324 e. The molecule has 7 heteroatoms. The van der Waals surface area contributed by atoms with E-state index in [2.05, 4.69) is 21.5 Å². The first-order valence-corrected chi connectivity index (χ1v) is 9.30. The number of carbonyl (C=O) groups is 1. The molecule has 1 aromatic carbocycles. The van der Waals surface area contributed by atoms with Gasteiger partial charge in [0.15, 0.2) is 5.65 Å². The highest BCUT2D eigenvalue weighted by Crippen LogP contribution is 2.38. The van der Waals surface area contributed by atoms with Gasteiger partial charge in [-0.25, -0.2) is 14.6 Å². The van der Waals surface area contributed by atoms with Crippen molar-refractivity contribution in [2.24, 2.45) is 0 Å². The van der Waals surface area contributed by atoms with Crippen LogP contribution in [-0.4, -0.2) is 25.7 Å². The van der Waals surface area contributed by atoms with E-state index >= 15 is 0 Å². The molecular formula is C20H18N6O. The van der Waals surface area contributed by atoms with E-state index in [1.54, 1.807) is 24.5 Å². The summed E-state index contributed by atoms with van der Waals surface area (Å²) in [6.07, 6.45) is 9.44. The van der Waals surface area contributed by atoms with Gasteiger partial charge in [0.25, 0.3) is 0 Å². The van der Waals surface area contributed by atoms with Gasteiger partial charge in [-0.1, -0.05) is 31.4 Å². The lowest BCUT2D eigenvalue weighted by Crippen LogP contribution is -2.18. The van der Waals surface area contributed by atoms with Crippen molar-refractivity contribution < 1.29 is 4.79 Å². The summed E-state index contributed by atoms with van der Waals surface area (Å²) < 4.78 is 2.00. The summed E-state index contributed by atoms with van der Waals surface area (Å²) in [4.78, 5) is 21.8. The van der Waals surface area contributed by atoms with Crippen LogP contribution in [0.1, 0.15) is 61.0 Å². The average Bonchev–Trinajstić information content (AvgIpc) is 3.28. The Balaban J connectivity index is 1.60. The zero-order valence-electron chi connectivity index (χ0n) is 14.7. The second-order valence-corrected chi connectivity index (χ2v) is 7.19. The molecule has 2 aromatic heterocycles. The quantitative estimate of drug-likeness (QED) is 0.758. The summed E-state index contributed by atoms with van der Waals surface area (Å²) in [6, 6.07) is 7.82. The number of rotatable bonds is 2. The fourth-order valence-corrected chi connectivity index (χ4v) is 4.22. The van der Waals surface area contributed by atoms with Crippen LogP contribution >= 0.6 is 0 Å². The number of para-hydroxylation sites is 1. The number of benzene rings is 1. The van der Waals surface area contributed by atoms with Gasteiger partial charge in [0.05, 0.1) is 28.9 Å². The van der Waals surface area contributed by atoms with Crippen molar-refractivity contribution in [1.82, 2.24) is 19.7 Å². The van der Waals surface area contributed by atoms with Gasteiger partial charge in [0.1, 0.15) is 17.8 Å². The maximum atomic E-state index is 12.6. The first-order valence-electron chi connectivity index (χ1n) is 9.30. The SMILES string of the molecule is N#Cc1cccc2c1NC(=O)C2c1ncc2cnn(C3CCCCC3)c2n1. The van der Waals surface area contributed by atoms with Crippen LogP contribution in [-0.2, 0) is 4.79 Å². The number of hydrogen-bond acceptors (Lipinski definition) is 5. The van der Waals surface area contributed by atoms with Crippen LogP contribution in [0.5, 0.6) is 0 Å². The van der Waals surface area contributed by atoms with E-state index in [4.69, 9.17) is 4.98 Å². The van der Waals surface area contributed by atoms with Gasteiger partial charge in [0.2, 0.25) is 5.91 Å². The number of hydrogen-bond donors (Lipinski definition) is 1. The minimum absolute atomic E-state index is 0.198. The summed E-state index contributed by atoms with van der Waals surface area (Å²) in [7, 11) is 0. The monoisotopic (exact) mass is 358 g/mol. The topological polar surface area (TPSA) is 96.5 Å². The predicted octanol–water partition coefficient (Wildman–Crippen LogP) is 3.29. The highest BCUT2D eigenvalue weighted by atomic mass is 16.2. The normalized spacial score (nSPS) is 19.7. The third-order valence-corrected chi connectivity index (χ3v) is 5.57. The molecule has 1 aliphatic heterocycles. The van der Waals surface area contributed by atoms with Crippen molar-refractivity contribution in [3.05, 3.63) is 47.5 Å². The fraction of sp³-hybridized carbons (Fsp3) is 0.350. The van der Waals surface area contributed by atoms with Crippen molar-refractivity contribution in [2.75, 3.05) is 5.32 Å². The van der Waals surface area contributed by atoms with E-state index in [0.717, 1.165) is 29.4 Å². The number of nitrogens with zero attached hydrogens (tertiary/aromatic N) is 5. The van der Waals surface area contributed by atoms with E-state index < -0.39 is 5.92 Å². The van der Waals surface area contributed by atoms with Crippen molar-refractivity contribution in [3.63, 3.8) is 0 Å². The molecule has 5 rings (SSSR count). The van der Waals surface area contributed by atoms with E-state index in [9.17, 15) is 10.1 Å². The Labute approximate surface area is 156 Å². The van der Waals surface area contributed by atoms with Gasteiger partial charge in [0, 0.05) is 6.20 Å². The molecule has 27 heavy (non-hydrogen) atoms. The molecule has 3 heterocycles. The maximum absolute atomic E-state index is 12.6. The molecule has 1 atom stereocenters. The molecular weight excluding hydrogens is 340 g/mol. The molecule has 1 saturated carbocycles. The molecule has 0 bridgehead atoms. The number of aromatic nitrogens is 4. The molecule has 1 N–H and O–H groups in total. The molecule has 0 radical (unpaired) electrons. The second-order valence-electron chi connectivity index (χ2n) is 7.19. The van der Waals surface area contributed by atoms with Crippen molar-refractivity contribution >= 4 is 22.6 Å². The Morgan fingerprint density at radius 2 is 2.04 bits per heavy atom. The molecule has 7 nitrogen and oxygen atoms in total. The Morgan fingerprint density at radius 3 is 2.85 bits per heavy atom. The Kier molecular flexibility index (Phi) is 3.64. The highest BCUT2D eigenvalue weighted by molar-refractivity contribution is 6.05. The Bertz CT molecular complexity index is 1090. The van der Waals surface area contributed by atoms with Crippen molar-refractivity contribution in [2.45, 2.75) is 44.1 Å². The van der Waals surface area contributed by atoms with E-state index in [1.807, 2.05) is 10.7 Å². The van der Waals surface area contributed by atoms with Gasteiger partial charge in [-0.2, -0.15) is 10.4 Å². The molecule has 0 saturated heterocycles. The number of fused-ring (bicyclic) bond motifs is 2. The first kappa shape index (κ1) is 15.9.